The molecule has 0 amide bonds. The average molecular weight is 375 g/mol. The van der Waals surface area contributed by atoms with Gasteiger partial charge in [-0.25, -0.2) is 8.42 Å². The molecule has 0 spiro atoms. The van der Waals surface area contributed by atoms with Crippen LogP contribution >= 0.6 is 0 Å². The summed E-state index contributed by atoms with van der Waals surface area (Å²) in [7, 11) is -1.91. The molecule has 0 N–H and O–H groups in total. The maximum Gasteiger partial charge on any atom is 0.243 e. The van der Waals surface area contributed by atoms with Crippen LogP contribution in [0.2, 0.25) is 0 Å². The number of methoxy groups -OCH3 is 1. The number of ether oxygens (including phenoxy) is 1. The Morgan fingerprint density at radius 3 is 2.19 bits per heavy atom. The Labute approximate surface area is 156 Å². The minimum Gasteiger partial charge on any atom is -0.497 e. The first-order valence-electron chi connectivity index (χ1n) is 8.80. The molecule has 0 saturated carbocycles. The van der Waals surface area contributed by atoms with Gasteiger partial charge in [-0.2, -0.15) is 4.31 Å². The predicted molar refractivity (Wildman–Crippen MR) is 105 cm³/mol. The monoisotopic (exact) mass is 374 g/mol. The van der Waals surface area contributed by atoms with Gasteiger partial charge >= 0.3 is 0 Å². The Morgan fingerprint density at radius 2 is 1.58 bits per heavy atom. The van der Waals surface area contributed by atoms with E-state index in [2.05, 4.69) is 36.9 Å². The van der Waals surface area contributed by atoms with Crippen LogP contribution in [0.3, 0.4) is 0 Å². The Kier molecular flexibility index (Phi) is 5.25. The Bertz CT molecular complexity index is 901. The zero-order chi connectivity index (χ0) is 18.9. The minimum atomic E-state index is -3.49. The van der Waals surface area contributed by atoms with Gasteiger partial charge in [0, 0.05) is 31.9 Å². The van der Waals surface area contributed by atoms with Crippen LogP contribution in [0.4, 0.5) is 5.69 Å². The second-order valence-electron chi connectivity index (χ2n) is 6.81. The van der Waals surface area contributed by atoms with Crippen molar-refractivity contribution in [2.24, 2.45) is 0 Å². The number of rotatable bonds is 4. The first-order valence-corrected chi connectivity index (χ1v) is 10.2. The maximum absolute atomic E-state index is 13.0. The van der Waals surface area contributed by atoms with Crippen molar-refractivity contribution in [1.29, 1.82) is 0 Å². The van der Waals surface area contributed by atoms with Crippen molar-refractivity contribution < 1.29 is 13.2 Å². The number of hydrogen-bond acceptors (Lipinski definition) is 4. The highest BCUT2D eigenvalue weighted by molar-refractivity contribution is 7.89. The van der Waals surface area contributed by atoms with Crippen LogP contribution in [0.1, 0.15) is 16.7 Å². The summed E-state index contributed by atoms with van der Waals surface area (Å²) in [5, 5.41) is 0. The van der Waals surface area contributed by atoms with E-state index in [1.54, 1.807) is 29.6 Å². The fourth-order valence-corrected chi connectivity index (χ4v) is 5.03. The number of anilines is 1. The average Bonchev–Trinajstić information content (AvgIpc) is 2.63. The number of hydrogen-bond donors (Lipinski definition) is 0. The van der Waals surface area contributed by atoms with E-state index in [4.69, 9.17) is 4.74 Å². The standard InChI is InChI=1S/C20H26N2O3S/c1-15-5-6-16(2)19(13-15)21-9-11-22(12-10-21)26(23,24)20-8-7-18(25-4)14-17(20)3/h5-8,13-14H,9-12H2,1-4H3. The lowest BCUT2D eigenvalue weighted by molar-refractivity contribution is 0.384. The first-order chi connectivity index (χ1) is 12.3. The minimum absolute atomic E-state index is 0.360. The predicted octanol–water partition coefficient (Wildman–Crippen LogP) is 3.13. The molecule has 0 atom stereocenters. The van der Waals surface area contributed by atoms with Crippen LogP contribution in [0.25, 0.3) is 0 Å². The molecule has 2 aromatic rings. The molecule has 5 nitrogen and oxygen atoms in total. The molecule has 140 valence electrons. The van der Waals surface area contributed by atoms with Crippen LogP contribution in [-0.4, -0.2) is 46.0 Å². The van der Waals surface area contributed by atoms with Crippen molar-refractivity contribution in [3.63, 3.8) is 0 Å². The highest BCUT2D eigenvalue weighted by Gasteiger charge is 2.30. The van der Waals surface area contributed by atoms with Gasteiger partial charge in [0.1, 0.15) is 5.75 Å². The summed E-state index contributed by atoms with van der Waals surface area (Å²) in [4.78, 5) is 2.63. The van der Waals surface area contributed by atoms with Gasteiger partial charge < -0.3 is 9.64 Å². The fourth-order valence-electron chi connectivity index (χ4n) is 3.41. The third-order valence-electron chi connectivity index (χ3n) is 4.94. The van der Waals surface area contributed by atoms with Gasteiger partial charge in [-0.3, -0.25) is 0 Å². The molecule has 1 aliphatic rings. The highest BCUT2D eigenvalue weighted by Crippen LogP contribution is 2.27. The largest absolute Gasteiger partial charge is 0.497 e. The molecule has 0 aromatic heterocycles. The quantitative estimate of drug-likeness (QED) is 0.825. The topological polar surface area (TPSA) is 49.9 Å². The molecular formula is C20H26N2O3S. The van der Waals surface area contributed by atoms with E-state index >= 15 is 0 Å². The van der Waals surface area contributed by atoms with Crippen LogP contribution < -0.4 is 9.64 Å². The third kappa shape index (κ3) is 3.57. The molecule has 1 saturated heterocycles. The van der Waals surface area contributed by atoms with Crippen LogP contribution in [0.15, 0.2) is 41.3 Å². The van der Waals surface area contributed by atoms with Gasteiger partial charge in [0.2, 0.25) is 10.0 Å². The smallest absolute Gasteiger partial charge is 0.243 e. The second kappa shape index (κ2) is 7.29. The van der Waals surface area contributed by atoms with Gasteiger partial charge in [0.15, 0.2) is 0 Å². The Hall–Kier alpha value is -2.05. The lowest BCUT2D eigenvalue weighted by atomic mass is 10.1. The van der Waals surface area contributed by atoms with Crippen LogP contribution in [-0.2, 0) is 10.0 Å². The lowest BCUT2D eigenvalue weighted by Crippen LogP contribution is -2.49. The lowest BCUT2D eigenvalue weighted by Gasteiger charge is -2.36. The van der Waals surface area contributed by atoms with Gasteiger partial charge in [-0.15, -0.1) is 0 Å². The number of nitrogens with zero attached hydrogens (tertiary/aromatic N) is 2. The normalized spacial score (nSPS) is 15.9. The number of benzene rings is 2. The van der Waals surface area contributed by atoms with Gasteiger partial charge in [-0.1, -0.05) is 12.1 Å². The van der Waals surface area contributed by atoms with Crippen LogP contribution in [0, 0.1) is 20.8 Å². The molecule has 2 aromatic carbocycles. The molecule has 1 fully saturated rings. The van der Waals surface area contributed by atoms with Gasteiger partial charge in [0.25, 0.3) is 0 Å². The molecular weight excluding hydrogens is 348 g/mol. The molecule has 26 heavy (non-hydrogen) atoms. The third-order valence-corrected chi connectivity index (χ3v) is 7.00. The molecule has 1 heterocycles. The van der Waals surface area contributed by atoms with Crippen molar-refractivity contribution in [3.05, 3.63) is 53.1 Å². The summed E-state index contributed by atoms with van der Waals surface area (Å²) < 4.78 is 32.8. The van der Waals surface area contributed by atoms with E-state index in [1.165, 1.54) is 16.8 Å². The molecule has 0 bridgehead atoms. The Balaban J connectivity index is 1.78. The highest BCUT2D eigenvalue weighted by atomic mass is 32.2. The molecule has 0 aliphatic carbocycles. The molecule has 0 unspecified atom stereocenters. The summed E-state index contributed by atoms with van der Waals surface area (Å²) in [5.74, 6) is 0.668. The van der Waals surface area contributed by atoms with Crippen molar-refractivity contribution in [1.82, 2.24) is 4.31 Å². The van der Waals surface area contributed by atoms with E-state index in [0.29, 0.717) is 42.4 Å². The fraction of sp³-hybridized carbons (Fsp3) is 0.400. The SMILES string of the molecule is COc1ccc(S(=O)(=O)N2CCN(c3cc(C)ccc3C)CC2)c(C)c1. The maximum atomic E-state index is 13.0. The summed E-state index contributed by atoms with van der Waals surface area (Å²) in [6.45, 7) is 8.34. The summed E-state index contributed by atoms with van der Waals surface area (Å²) in [5.41, 5.74) is 4.34. The van der Waals surface area contributed by atoms with Crippen molar-refractivity contribution in [2.45, 2.75) is 25.7 Å². The summed E-state index contributed by atoms with van der Waals surface area (Å²) >= 11 is 0. The second-order valence-corrected chi connectivity index (χ2v) is 8.72. The Morgan fingerprint density at radius 1 is 0.885 bits per heavy atom. The summed E-state index contributed by atoms with van der Waals surface area (Å²) in [6, 6.07) is 11.5. The van der Waals surface area contributed by atoms with E-state index in [1.807, 2.05) is 6.92 Å². The van der Waals surface area contributed by atoms with Crippen LogP contribution in [0.5, 0.6) is 5.75 Å². The van der Waals surface area contributed by atoms with Gasteiger partial charge in [0.05, 0.1) is 12.0 Å². The van der Waals surface area contributed by atoms with Gasteiger partial charge in [-0.05, 0) is 61.7 Å². The summed E-state index contributed by atoms with van der Waals surface area (Å²) in [6.07, 6.45) is 0. The number of piperazine rings is 1. The number of aryl methyl sites for hydroxylation is 3. The van der Waals surface area contributed by atoms with Crippen molar-refractivity contribution >= 4 is 15.7 Å². The zero-order valence-corrected chi connectivity index (χ0v) is 16.6. The first kappa shape index (κ1) is 18.7. The number of sulfonamides is 1. The van der Waals surface area contributed by atoms with E-state index in [0.717, 1.165) is 0 Å². The van der Waals surface area contributed by atoms with Crippen molar-refractivity contribution in [2.75, 3.05) is 38.2 Å². The molecule has 6 heteroatoms. The molecule has 1 aliphatic heterocycles. The van der Waals surface area contributed by atoms with E-state index in [9.17, 15) is 8.42 Å². The zero-order valence-electron chi connectivity index (χ0n) is 15.8. The van der Waals surface area contributed by atoms with E-state index < -0.39 is 10.0 Å². The molecule has 0 radical (unpaired) electrons. The molecule has 3 rings (SSSR count). The van der Waals surface area contributed by atoms with Crippen molar-refractivity contribution in [3.8, 4) is 5.75 Å². The van der Waals surface area contributed by atoms with E-state index in [-0.39, 0.29) is 0 Å².